The van der Waals surface area contributed by atoms with Crippen molar-refractivity contribution in [2.45, 2.75) is 30.5 Å². The molecule has 2 fully saturated rings. The van der Waals surface area contributed by atoms with Crippen molar-refractivity contribution in [1.29, 1.82) is 0 Å². The van der Waals surface area contributed by atoms with E-state index in [4.69, 9.17) is 4.74 Å². The Hall–Kier alpha value is -0.960. The van der Waals surface area contributed by atoms with Gasteiger partial charge in [-0.2, -0.15) is 4.31 Å². The molecule has 0 aliphatic carbocycles. The van der Waals surface area contributed by atoms with Crippen LogP contribution in [0.2, 0.25) is 0 Å². The van der Waals surface area contributed by atoms with E-state index in [1.807, 2.05) is 6.92 Å². The zero-order valence-corrected chi connectivity index (χ0v) is 13.3. The van der Waals surface area contributed by atoms with Gasteiger partial charge in [-0.15, -0.1) is 0 Å². The third-order valence-electron chi connectivity index (χ3n) is 4.23. The normalized spacial score (nSPS) is 27.9. The smallest absolute Gasteiger partial charge is 0.262 e. The maximum absolute atomic E-state index is 12.6. The number of ether oxygens (including phenoxy) is 1. The number of rotatable bonds is 4. The van der Waals surface area contributed by atoms with Crippen LogP contribution in [0, 0.1) is 0 Å². The van der Waals surface area contributed by atoms with E-state index in [1.54, 1.807) is 22.1 Å². The van der Waals surface area contributed by atoms with Gasteiger partial charge in [0.2, 0.25) is 0 Å². The predicted octanol–water partition coefficient (Wildman–Crippen LogP) is -0.0962. The first kappa shape index (κ1) is 15.0. The zero-order chi connectivity index (χ0) is 15.0. The number of hydrogen-bond donors (Lipinski definition) is 0. The summed E-state index contributed by atoms with van der Waals surface area (Å²) < 4.78 is 34.1. The van der Waals surface area contributed by atoms with Crippen molar-refractivity contribution in [2.75, 3.05) is 32.8 Å². The zero-order valence-electron chi connectivity index (χ0n) is 12.5. The summed E-state index contributed by atoms with van der Waals surface area (Å²) in [6.07, 6.45) is 4.21. The third-order valence-corrected chi connectivity index (χ3v) is 5.98. The standard InChI is InChI=1S/C13H22N4O3S/c1-3-20-12-6-11-7-17(5-4-16(11)8-12)21(18,19)13-9-15(2)10-14-13/h9-12H,3-8H2,1-2H3/t11-,12-/m1/s1. The van der Waals surface area contributed by atoms with Crippen LogP contribution >= 0.6 is 0 Å². The largest absolute Gasteiger partial charge is 0.377 e. The molecule has 7 nitrogen and oxygen atoms in total. The molecule has 3 heterocycles. The highest BCUT2D eigenvalue weighted by atomic mass is 32.2. The van der Waals surface area contributed by atoms with Crippen molar-refractivity contribution >= 4 is 10.0 Å². The molecule has 118 valence electrons. The van der Waals surface area contributed by atoms with Gasteiger partial charge >= 0.3 is 0 Å². The van der Waals surface area contributed by atoms with E-state index in [0.29, 0.717) is 19.7 Å². The second-order valence-electron chi connectivity index (χ2n) is 5.70. The summed E-state index contributed by atoms with van der Waals surface area (Å²) in [4.78, 5) is 6.33. The lowest BCUT2D eigenvalue weighted by Crippen LogP contribution is -2.51. The highest BCUT2D eigenvalue weighted by Crippen LogP contribution is 2.26. The number of imidazole rings is 1. The Balaban J connectivity index is 1.72. The van der Waals surface area contributed by atoms with Crippen LogP contribution in [0.5, 0.6) is 0 Å². The highest BCUT2D eigenvalue weighted by molar-refractivity contribution is 7.89. The minimum absolute atomic E-state index is 0.137. The maximum Gasteiger partial charge on any atom is 0.262 e. The number of piperazine rings is 1. The van der Waals surface area contributed by atoms with Gasteiger partial charge in [-0.05, 0) is 13.3 Å². The molecule has 8 heteroatoms. The van der Waals surface area contributed by atoms with Crippen LogP contribution in [0.3, 0.4) is 0 Å². The molecule has 0 amide bonds. The van der Waals surface area contributed by atoms with Gasteiger partial charge in [0.15, 0.2) is 5.03 Å². The molecule has 3 rings (SSSR count). The molecule has 2 atom stereocenters. The third kappa shape index (κ3) is 2.85. The Morgan fingerprint density at radius 3 is 2.86 bits per heavy atom. The predicted molar refractivity (Wildman–Crippen MR) is 77.4 cm³/mol. The average Bonchev–Trinajstić information content (AvgIpc) is 3.04. The minimum atomic E-state index is -3.48. The van der Waals surface area contributed by atoms with Crippen molar-refractivity contribution in [2.24, 2.45) is 7.05 Å². The number of fused-ring (bicyclic) bond motifs is 1. The van der Waals surface area contributed by atoms with E-state index in [-0.39, 0.29) is 17.2 Å². The molecule has 0 bridgehead atoms. The molecule has 21 heavy (non-hydrogen) atoms. The molecule has 0 aromatic carbocycles. The van der Waals surface area contributed by atoms with Crippen LogP contribution in [0.1, 0.15) is 13.3 Å². The van der Waals surface area contributed by atoms with E-state index in [0.717, 1.165) is 19.5 Å². The number of nitrogens with zero attached hydrogens (tertiary/aromatic N) is 4. The lowest BCUT2D eigenvalue weighted by atomic mass is 10.2. The summed E-state index contributed by atoms with van der Waals surface area (Å²) >= 11 is 0. The van der Waals surface area contributed by atoms with Gasteiger partial charge in [-0.3, -0.25) is 4.90 Å². The van der Waals surface area contributed by atoms with Crippen LogP contribution < -0.4 is 0 Å². The monoisotopic (exact) mass is 314 g/mol. The Bertz CT molecular complexity index is 600. The highest BCUT2D eigenvalue weighted by Gasteiger charge is 2.40. The number of hydrogen-bond acceptors (Lipinski definition) is 5. The van der Waals surface area contributed by atoms with Crippen LogP contribution in [-0.4, -0.2) is 72.1 Å². The number of aromatic nitrogens is 2. The van der Waals surface area contributed by atoms with E-state index in [1.165, 1.54) is 6.33 Å². The Morgan fingerprint density at radius 2 is 2.19 bits per heavy atom. The summed E-state index contributed by atoms with van der Waals surface area (Å²) in [6.45, 7) is 5.43. The fourth-order valence-electron chi connectivity index (χ4n) is 3.20. The quantitative estimate of drug-likeness (QED) is 0.776. The number of sulfonamides is 1. The van der Waals surface area contributed by atoms with E-state index < -0.39 is 10.0 Å². The molecular weight excluding hydrogens is 292 g/mol. The summed E-state index contributed by atoms with van der Waals surface area (Å²) in [7, 11) is -1.70. The van der Waals surface area contributed by atoms with E-state index in [9.17, 15) is 8.42 Å². The second-order valence-corrected chi connectivity index (χ2v) is 7.59. The van der Waals surface area contributed by atoms with Gasteiger partial charge in [-0.1, -0.05) is 0 Å². The topological polar surface area (TPSA) is 67.7 Å². The molecule has 2 aliphatic heterocycles. The van der Waals surface area contributed by atoms with Crippen molar-refractivity contribution in [3.05, 3.63) is 12.5 Å². The number of aryl methyl sites for hydroxylation is 1. The molecule has 2 aliphatic rings. The van der Waals surface area contributed by atoms with Gasteiger partial charge in [0.05, 0.1) is 12.4 Å². The van der Waals surface area contributed by atoms with Gasteiger partial charge in [-0.25, -0.2) is 13.4 Å². The molecule has 0 N–H and O–H groups in total. The Labute approximate surface area is 125 Å². The Morgan fingerprint density at radius 1 is 1.38 bits per heavy atom. The lowest BCUT2D eigenvalue weighted by molar-refractivity contribution is 0.0686. The molecule has 1 aromatic rings. The van der Waals surface area contributed by atoms with Crippen molar-refractivity contribution in [3.63, 3.8) is 0 Å². The molecule has 1 aromatic heterocycles. The molecule has 2 saturated heterocycles. The Kier molecular flexibility index (Phi) is 4.04. The van der Waals surface area contributed by atoms with Crippen molar-refractivity contribution < 1.29 is 13.2 Å². The fourth-order valence-corrected chi connectivity index (χ4v) is 4.63. The first-order chi connectivity index (χ1) is 10.0. The van der Waals surface area contributed by atoms with Crippen LogP contribution in [0.25, 0.3) is 0 Å². The summed E-state index contributed by atoms with van der Waals surface area (Å²) in [5.41, 5.74) is 0. The summed E-state index contributed by atoms with van der Waals surface area (Å²) in [5.74, 6) is 0. The van der Waals surface area contributed by atoms with Gasteiger partial charge < -0.3 is 9.30 Å². The van der Waals surface area contributed by atoms with Crippen molar-refractivity contribution in [1.82, 2.24) is 18.8 Å². The molecule has 0 saturated carbocycles. The lowest BCUT2D eigenvalue weighted by Gasteiger charge is -2.35. The summed E-state index contributed by atoms with van der Waals surface area (Å²) in [6, 6.07) is 0.258. The molecule has 0 spiro atoms. The van der Waals surface area contributed by atoms with Crippen LogP contribution in [0.4, 0.5) is 0 Å². The molecule has 0 unspecified atom stereocenters. The summed E-state index contributed by atoms with van der Waals surface area (Å²) in [5, 5.41) is 0.137. The first-order valence-corrected chi connectivity index (χ1v) is 8.78. The SMILES string of the molecule is CCO[C@@H]1C[C@@H]2CN(S(=O)(=O)c3cn(C)cn3)CCN2C1. The second kappa shape index (κ2) is 5.68. The van der Waals surface area contributed by atoms with E-state index in [2.05, 4.69) is 9.88 Å². The maximum atomic E-state index is 12.6. The van der Waals surface area contributed by atoms with Gasteiger partial charge in [0.25, 0.3) is 10.0 Å². The van der Waals surface area contributed by atoms with Gasteiger partial charge in [0, 0.05) is 52.1 Å². The van der Waals surface area contributed by atoms with Crippen LogP contribution in [0.15, 0.2) is 17.6 Å². The van der Waals surface area contributed by atoms with E-state index >= 15 is 0 Å². The minimum Gasteiger partial charge on any atom is -0.377 e. The first-order valence-electron chi connectivity index (χ1n) is 7.34. The van der Waals surface area contributed by atoms with Gasteiger partial charge in [0.1, 0.15) is 0 Å². The average molecular weight is 314 g/mol. The fraction of sp³-hybridized carbons (Fsp3) is 0.769. The van der Waals surface area contributed by atoms with Crippen LogP contribution in [-0.2, 0) is 21.8 Å². The molecular formula is C13H22N4O3S. The molecule has 0 radical (unpaired) electrons. The van der Waals surface area contributed by atoms with Crippen molar-refractivity contribution in [3.8, 4) is 0 Å².